The fourth-order valence-electron chi connectivity index (χ4n) is 2.36. The van der Waals surface area contributed by atoms with E-state index in [4.69, 9.17) is 18.6 Å². The molecule has 0 aliphatic heterocycles. The lowest BCUT2D eigenvalue weighted by molar-refractivity contribution is -0.144. The van der Waals surface area contributed by atoms with Crippen LogP contribution in [-0.4, -0.2) is 30.4 Å². The van der Waals surface area contributed by atoms with Crippen molar-refractivity contribution in [1.82, 2.24) is 10.2 Å². The zero-order valence-corrected chi connectivity index (χ0v) is 14.5. The van der Waals surface area contributed by atoms with E-state index in [2.05, 4.69) is 10.2 Å². The number of methoxy groups -OCH3 is 2. The molecule has 0 N–H and O–H groups in total. The molecule has 0 aliphatic carbocycles. The molecule has 7 heteroatoms. The summed E-state index contributed by atoms with van der Waals surface area (Å²) in [6, 6.07) is 14.6. The van der Waals surface area contributed by atoms with Gasteiger partial charge in [-0.3, -0.25) is 4.79 Å². The number of benzene rings is 2. The minimum absolute atomic E-state index is 0.0774. The summed E-state index contributed by atoms with van der Waals surface area (Å²) in [5, 5.41) is 7.84. The lowest BCUT2D eigenvalue weighted by Gasteiger charge is -2.09. The molecule has 0 saturated carbocycles. The Balaban J connectivity index is 1.57. The second-order valence-corrected chi connectivity index (χ2v) is 5.39. The molecule has 0 bridgehead atoms. The number of carbonyl (C=O) groups excluding carboxylic acids is 1. The lowest BCUT2D eigenvalue weighted by atomic mass is 10.1. The second kappa shape index (κ2) is 8.15. The number of ether oxygens (including phenoxy) is 3. The van der Waals surface area contributed by atoms with E-state index in [0.29, 0.717) is 17.4 Å². The molecule has 0 unspecified atom stereocenters. The van der Waals surface area contributed by atoms with Crippen LogP contribution in [0.4, 0.5) is 0 Å². The van der Waals surface area contributed by atoms with Crippen LogP contribution in [-0.2, 0) is 22.6 Å². The number of rotatable bonds is 7. The topological polar surface area (TPSA) is 83.7 Å². The van der Waals surface area contributed by atoms with Crippen molar-refractivity contribution in [1.29, 1.82) is 0 Å². The Morgan fingerprint density at radius 1 is 1.00 bits per heavy atom. The van der Waals surface area contributed by atoms with Crippen LogP contribution in [0.15, 0.2) is 52.9 Å². The van der Waals surface area contributed by atoms with Gasteiger partial charge in [-0.25, -0.2) is 0 Å². The van der Waals surface area contributed by atoms with E-state index in [1.165, 1.54) is 0 Å². The molecule has 0 aliphatic rings. The molecule has 1 aromatic heterocycles. The van der Waals surface area contributed by atoms with Gasteiger partial charge in [0.15, 0.2) is 18.1 Å². The highest BCUT2D eigenvalue weighted by molar-refractivity contribution is 5.73. The fourth-order valence-corrected chi connectivity index (χ4v) is 2.36. The maximum absolute atomic E-state index is 12.0. The second-order valence-electron chi connectivity index (χ2n) is 5.39. The van der Waals surface area contributed by atoms with Crippen molar-refractivity contribution in [3.8, 4) is 23.0 Å². The number of esters is 1. The molecule has 3 aromatic rings. The highest BCUT2D eigenvalue weighted by atomic mass is 16.5. The molecule has 0 saturated heterocycles. The maximum Gasteiger partial charge on any atom is 0.310 e. The third kappa shape index (κ3) is 4.18. The molecule has 0 radical (unpaired) electrons. The van der Waals surface area contributed by atoms with Crippen molar-refractivity contribution < 1.29 is 23.4 Å². The monoisotopic (exact) mass is 354 g/mol. The van der Waals surface area contributed by atoms with Crippen molar-refractivity contribution in [2.24, 2.45) is 0 Å². The van der Waals surface area contributed by atoms with Gasteiger partial charge in [-0.1, -0.05) is 24.3 Å². The lowest BCUT2D eigenvalue weighted by Crippen LogP contribution is -2.08. The van der Waals surface area contributed by atoms with Gasteiger partial charge in [0.1, 0.15) is 0 Å². The van der Waals surface area contributed by atoms with E-state index < -0.39 is 5.97 Å². The molecular weight excluding hydrogens is 336 g/mol. The average molecular weight is 354 g/mol. The van der Waals surface area contributed by atoms with Crippen LogP contribution in [0.2, 0.25) is 0 Å². The van der Waals surface area contributed by atoms with Gasteiger partial charge in [0.05, 0.1) is 20.6 Å². The Hall–Kier alpha value is -3.35. The quantitative estimate of drug-likeness (QED) is 0.603. The smallest absolute Gasteiger partial charge is 0.310 e. The zero-order chi connectivity index (χ0) is 18.4. The van der Waals surface area contributed by atoms with Gasteiger partial charge < -0.3 is 18.6 Å². The van der Waals surface area contributed by atoms with Gasteiger partial charge >= 0.3 is 5.97 Å². The number of carbonyl (C=O) groups is 1. The Kier molecular flexibility index (Phi) is 5.48. The number of aromatic nitrogens is 2. The summed E-state index contributed by atoms with van der Waals surface area (Å²) in [6.45, 7) is -0.0774. The van der Waals surface area contributed by atoms with Crippen LogP contribution < -0.4 is 9.47 Å². The Bertz CT molecular complexity index is 877. The van der Waals surface area contributed by atoms with Crippen LogP contribution in [0.5, 0.6) is 11.5 Å². The van der Waals surface area contributed by atoms with E-state index in [1.807, 2.05) is 30.3 Å². The van der Waals surface area contributed by atoms with Crippen LogP contribution in [0.1, 0.15) is 11.5 Å². The van der Waals surface area contributed by atoms with Crippen LogP contribution in [0.25, 0.3) is 11.5 Å². The fraction of sp³-hybridized carbons (Fsp3) is 0.211. The Morgan fingerprint density at radius 2 is 1.77 bits per heavy atom. The van der Waals surface area contributed by atoms with E-state index in [1.54, 1.807) is 32.4 Å². The molecule has 7 nitrogen and oxygen atoms in total. The standard InChI is InChI=1S/C19H18N2O5/c1-23-15-9-8-13(10-16(15)24-2)11-18(22)25-12-17-20-21-19(26-17)14-6-4-3-5-7-14/h3-10H,11-12H2,1-2H3. The summed E-state index contributed by atoms with van der Waals surface area (Å²) < 4.78 is 21.1. The first kappa shape index (κ1) is 17.5. The molecule has 0 spiro atoms. The van der Waals surface area contributed by atoms with Gasteiger partial charge in [-0.05, 0) is 29.8 Å². The van der Waals surface area contributed by atoms with Gasteiger partial charge in [-0.15, -0.1) is 10.2 Å². The van der Waals surface area contributed by atoms with E-state index >= 15 is 0 Å². The molecule has 0 atom stereocenters. The van der Waals surface area contributed by atoms with Crippen molar-refractivity contribution in [2.45, 2.75) is 13.0 Å². The largest absolute Gasteiger partial charge is 0.493 e. The van der Waals surface area contributed by atoms with Gasteiger partial charge in [0, 0.05) is 5.56 Å². The first-order chi connectivity index (χ1) is 12.7. The summed E-state index contributed by atoms with van der Waals surface area (Å²) >= 11 is 0. The molecule has 2 aromatic carbocycles. The molecule has 3 rings (SSSR count). The highest BCUT2D eigenvalue weighted by Crippen LogP contribution is 2.27. The maximum atomic E-state index is 12.0. The first-order valence-electron chi connectivity index (χ1n) is 7.94. The zero-order valence-electron chi connectivity index (χ0n) is 14.5. The molecule has 0 fully saturated rings. The summed E-state index contributed by atoms with van der Waals surface area (Å²) in [5.74, 6) is 1.38. The number of nitrogens with zero attached hydrogens (tertiary/aromatic N) is 2. The summed E-state index contributed by atoms with van der Waals surface area (Å²) in [6.07, 6.45) is 0.0973. The van der Waals surface area contributed by atoms with Crippen LogP contribution in [0, 0.1) is 0 Å². The normalized spacial score (nSPS) is 10.4. The highest BCUT2D eigenvalue weighted by Gasteiger charge is 2.12. The Morgan fingerprint density at radius 3 is 2.50 bits per heavy atom. The first-order valence-corrected chi connectivity index (χ1v) is 7.94. The average Bonchev–Trinajstić information content (AvgIpc) is 3.16. The molecule has 134 valence electrons. The van der Waals surface area contributed by atoms with Crippen molar-refractivity contribution in [3.05, 3.63) is 60.0 Å². The van der Waals surface area contributed by atoms with Crippen molar-refractivity contribution >= 4 is 5.97 Å². The summed E-state index contributed by atoms with van der Waals surface area (Å²) in [7, 11) is 3.10. The predicted molar refractivity (Wildman–Crippen MR) is 92.8 cm³/mol. The van der Waals surface area contributed by atoms with Gasteiger partial charge in [0.25, 0.3) is 5.89 Å². The summed E-state index contributed by atoms with van der Waals surface area (Å²) in [5.41, 5.74) is 1.56. The minimum atomic E-state index is -0.406. The van der Waals surface area contributed by atoms with Crippen molar-refractivity contribution in [2.75, 3.05) is 14.2 Å². The predicted octanol–water partition coefficient (Wildman–Crippen LogP) is 3.04. The number of hydrogen-bond donors (Lipinski definition) is 0. The van der Waals surface area contributed by atoms with Crippen molar-refractivity contribution in [3.63, 3.8) is 0 Å². The van der Waals surface area contributed by atoms with Crippen LogP contribution in [0.3, 0.4) is 0 Å². The molecule has 26 heavy (non-hydrogen) atoms. The van der Waals surface area contributed by atoms with E-state index in [0.717, 1.165) is 11.1 Å². The Labute approximate surface area is 150 Å². The summed E-state index contributed by atoms with van der Waals surface area (Å²) in [4.78, 5) is 12.0. The number of hydrogen-bond acceptors (Lipinski definition) is 7. The molecule has 1 heterocycles. The minimum Gasteiger partial charge on any atom is -0.493 e. The van der Waals surface area contributed by atoms with Gasteiger partial charge in [0.2, 0.25) is 5.89 Å². The van der Waals surface area contributed by atoms with Crippen LogP contribution >= 0.6 is 0 Å². The third-order valence-electron chi connectivity index (χ3n) is 3.64. The molecular formula is C19H18N2O5. The molecule has 0 amide bonds. The SMILES string of the molecule is COc1ccc(CC(=O)OCc2nnc(-c3ccccc3)o2)cc1OC. The van der Waals surface area contributed by atoms with Gasteiger partial charge in [-0.2, -0.15) is 0 Å². The third-order valence-corrected chi connectivity index (χ3v) is 3.64. The van der Waals surface area contributed by atoms with E-state index in [-0.39, 0.29) is 18.9 Å². The van der Waals surface area contributed by atoms with E-state index in [9.17, 15) is 4.79 Å².